The van der Waals surface area contributed by atoms with Gasteiger partial charge in [-0.15, -0.1) is 0 Å². The lowest BCUT2D eigenvalue weighted by Gasteiger charge is -2.37. The summed E-state index contributed by atoms with van der Waals surface area (Å²) in [6.45, 7) is 2.88. The highest BCUT2D eigenvalue weighted by atomic mass is 35.5. The maximum absolute atomic E-state index is 6.10. The van der Waals surface area contributed by atoms with Gasteiger partial charge < -0.3 is 14.4 Å². The third-order valence-electron chi connectivity index (χ3n) is 4.26. The second kappa shape index (κ2) is 4.58. The minimum Gasteiger partial charge on any atom is -0.377 e. The fourth-order valence-electron chi connectivity index (χ4n) is 3.37. The van der Waals surface area contributed by atoms with Crippen LogP contribution >= 0.6 is 11.6 Å². The molecule has 2 fully saturated rings. The van der Waals surface area contributed by atoms with Gasteiger partial charge in [0.15, 0.2) is 0 Å². The fourth-order valence-corrected chi connectivity index (χ4v) is 3.56. The van der Waals surface area contributed by atoms with Gasteiger partial charge in [0.25, 0.3) is 0 Å². The topological polar surface area (TPSA) is 47.5 Å². The van der Waals surface area contributed by atoms with Gasteiger partial charge in [0.05, 0.1) is 44.2 Å². The molecular formula is C13H16ClN3O2. The Balaban J connectivity index is 1.80. The maximum Gasteiger partial charge on any atom is 0.224 e. The Labute approximate surface area is 116 Å². The van der Waals surface area contributed by atoms with Gasteiger partial charge >= 0.3 is 0 Å². The standard InChI is InChI=1S/C13H16ClN3O2/c14-13-15-11-3-4-18-7-10(11)12(16-13)17-8-1-2-9(17)6-19-5-8/h8-9H,1-7H2. The summed E-state index contributed by atoms with van der Waals surface area (Å²) in [5.41, 5.74) is 2.17. The van der Waals surface area contributed by atoms with Gasteiger partial charge in [-0.25, -0.2) is 9.97 Å². The number of morpholine rings is 1. The molecule has 6 heteroatoms. The molecule has 3 aliphatic rings. The lowest BCUT2D eigenvalue weighted by atomic mass is 10.1. The molecule has 0 aliphatic carbocycles. The predicted molar refractivity (Wildman–Crippen MR) is 70.5 cm³/mol. The first-order valence-corrected chi connectivity index (χ1v) is 7.20. The average Bonchev–Trinajstić information content (AvgIpc) is 2.67. The van der Waals surface area contributed by atoms with E-state index in [2.05, 4.69) is 14.9 Å². The van der Waals surface area contributed by atoms with Gasteiger partial charge in [-0.2, -0.15) is 0 Å². The summed E-state index contributed by atoms with van der Waals surface area (Å²) in [7, 11) is 0. The van der Waals surface area contributed by atoms with Gasteiger partial charge in [0.1, 0.15) is 5.82 Å². The van der Waals surface area contributed by atoms with Crippen LogP contribution in [0.4, 0.5) is 5.82 Å². The molecule has 2 bridgehead atoms. The van der Waals surface area contributed by atoms with Crippen molar-refractivity contribution in [3.05, 3.63) is 16.5 Å². The summed E-state index contributed by atoms with van der Waals surface area (Å²) in [5.74, 6) is 0.977. The van der Waals surface area contributed by atoms with Crippen LogP contribution in [0.2, 0.25) is 5.28 Å². The second-order valence-corrected chi connectivity index (χ2v) is 5.71. The van der Waals surface area contributed by atoms with Crippen molar-refractivity contribution in [2.75, 3.05) is 24.7 Å². The van der Waals surface area contributed by atoms with Crippen molar-refractivity contribution >= 4 is 17.4 Å². The first-order chi connectivity index (χ1) is 9.33. The van der Waals surface area contributed by atoms with Crippen molar-refractivity contribution in [3.63, 3.8) is 0 Å². The van der Waals surface area contributed by atoms with E-state index in [4.69, 9.17) is 21.1 Å². The summed E-state index contributed by atoms with van der Waals surface area (Å²) in [6, 6.07) is 0.853. The van der Waals surface area contributed by atoms with Crippen molar-refractivity contribution in [1.82, 2.24) is 9.97 Å². The molecule has 0 N–H and O–H groups in total. The number of anilines is 1. The Hall–Kier alpha value is -0.910. The van der Waals surface area contributed by atoms with Gasteiger partial charge in [0.2, 0.25) is 5.28 Å². The Morgan fingerprint density at radius 1 is 1.11 bits per heavy atom. The molecule has 5 nitrogen and oxygen atoms in total. The summed E-state index contributed by atoms with van der Waals surface area (Å²) in [4.78, 5) is 11.2. The number of hydrogen-bond donors (Lipinski definition) is 0. The Bertz CT molecular complexity index is 495. The van der Waals surface area contributed by atoms with Crippen LogP contribution in [0.1, 0.15) is 24.1 Å². The molecule has 3 aliphatic heterocycles. The Morgan fingerprint density at radius 3 is 2.68 bits per heavy atom. The van der Waals surface area contributed by atoms with Crippen molar-refractivity contribution in [2.24, 2.45) is 0 Å². The van der Waals surface area contributed by atoms with E-state index in [1.807, 2.05) is 0 Å². The van der Waals surface area contributed by atoms with E-state index in [-0.39, 0.29) is 0 Å². The number of rotatable bonds is 1. The highest BCUT2D eigenvalue weighted by molar-refractivity contribution is 6.28. The third-order valence-corrected chi connectivity index (χ3v) is 4.43. The SMILES string of the molecule is Clc1nc2c(c(N3C4CCC3COC4)n1)COCC2. The largest absolute Gasteiger partial charge is 0.377 e. The first kappa shape index (κ1) is 11.9. The minimum atomic E-state index is 0.349. The maximum atomic E-state index is 6.10. The number of nitrogens with zero attached hydrogens (tertiary/aromatic N) is 3. The first-order valence-electron chi connectivity index (χ1n) is 6.82. The van der Waals surface area contributed by atoms with Gasteiger partial charge in [-0.3, -0.25) is 0 Å². The molecule has 0 aromatic carbocycles. The molecule has 4 rings (SSSR count). The van der Waals surface area contributed by atoms with E-state index in [1.54, 1.807) is 0 Å². The number of fused-ring (bicyclic) bond motifs is 3. The summed E-state index contributed by atoms with van der Waals surface area (Å²) < 4.78 is 11.2. The minimum absolute atomic E-state index is 0.349. The molecule has 0 amide bonds. The van der Waals surface area contributed by atoms with Crippen molar-refractivity contribution in [3.8, 4) is 0 Å². The second-order valence-electron chi connectivity index (χ2n) is 5.37. The van der Waals surface area contributed by atoms with Crippen LogP contribution in [0.25, 0.3) is 0 Å². The molecular weight excluding hydrogens is 266 g/mol. The third kappa shape index (κ3) is 1.91. The highest BCUT2D eigenvalue weighted by Gasteiger charge is 2.40. The number of aromatic nitrogens is 2. The molecule has 0 saturated carbocycles. The van der Waals surface area contributed by atoms with Crippen molar-refractivity contribution < 1.29 is 9.47 Å². The van der Waals surface area contributed by atoms with E-state index in [0.29, 0.717) is 24.0 Å². The van der Waals surface area contributed by atoms with Crippen LogP contribution in [0.5, 0.6) is 0 Å². The molecule has 2 saturated heterocycles. The van der Waals surface area contributed by atoms with Crippen LogP contribution in [-0.2, 0) is 22.5 Å². The van der Waals surface area contributed by atoms with E-state index >= 15 is 0 Å². The lowest BCUT2D eigenvalue weighted by Crippen LogP contribution is -2.47. The van der Waals surface area contributed by atoms with Crippen LogP contribution in [0, 0.1) is 0 Å². The zero-order valence-corrected chi connectivity index (χ0v) is 11.4. The van der Waals surface area contributed by atoms with Crippen LogP contribution in [-0.4, -0.2) is 41.9 Å². The van der Waals surface area contributed by atoms with Crippen molar-refractivity contribution in [1.29, 1.82) is 0 Å². The molecule has 0 spiro atoms. The molecule has 1 aromatic rings. The van der Waals surface area contributed by atoms with Crippen LogP contribution < -0.4 is 4.90 Å². The van der Waals surface area contributed by atoms with E-state index in [0.717, 1.165) is 43.3 Å². The summed E-state index contributed by atoms with van der Waals surface area (Å²) >= 11 is 6.10. The van der Waals surface area contributed by atoms with E-state index in [1.165, 1.54) is 12.8 Å². The normalized spacial score (nSPS) is 29.4. The molecule has 0 radical (unpaired) electrons. The van der Waals surface area contributed by atoms with Gasteiger partial charge in [0, 0.05) is 12.0 Å². The number of halogens is 1. The Morgan fingerprint density at radius 2 is 1.89 bits per heavy atom. The number of ether oxygens (including phenoxy) is 2. The highest BCUT2D eigenvalue weighted by Crippen LogP contribution is 2.37. The van der Waals surface area contributed by atoms with Gasteiger partial charge in [-0.05, 0) is 24.4 Å². The van der Waals surface area contributed by atoms with Gasteiger partial charge in [-0.1, -0.05) is 0 Å². The molecule has 4 heterocycles. The summed E-state index contributed by atoms with van der Waals surface area (Å²) in [5, 5.41) is 0.349. The number of hydrogen-bond acceptors (Lipinski definition) is 5. The van der Waals surface area contributed by atoms with Crippen LogP contribution in [0.3, 0.4) is 0 Å². The molecule has 102 valence electrons. The summed E-state index contributed by atoms with van der Waals surface area (Å²) in [6.07, 6.45) is 3.16. The quantitative estimate of drug-likeness (QED) is 0.731. The van der Waals surface area contributed by atoms with Crippen molar-refractivity contribution in [2.45, 2.75) is 38.0 Å². The Kier molecular flexibility index (Phi) is 2.86. The average molecular weight is 282 g/mol. The fraction of sp³-hybridized carbons (Fsp3) is 0.692. The molecule has 2 atom stereocenters. The lowest BCUT2D eigenvalue weighted by molar-refractivity contribution is 0.0879. The smallest absolute Gasteiger partial charge is 0.224 e. The molecule has 2 unspecified atom stereocenters. The zero-order valence-electron chi connectivity index (χ0n) is 10.6. The monoisotopic (exact) mass is 281 g/mol. The van der Waals surface area contributed by atoms with E-state index in [9.17, 15) is 0 Å². The molecule has 19 heavy (non-hydrogen) atoms. The molecule has 1 aromatic heterocycles. The predicted octanol–water partition coefficient (Wildman–Crippen LogP) is 1.57. The van der Waals surface area contributed by atoms with E-state index < -0.39 is 0 Å². The zero-order chi connectivity index (χ0) is 12.8. The van der Waals surface area contributed by atoms with Crippen LogP contribution in [0.15, 0.2) is 0 Å².